The maximum absolute atomic E-state index is 13.6. The van der Waals surface area contributed by atoms with Gasteiger partial charge in [0.1, 0.15) is 5.82 Å². The van der Waals surface area contributed by atoms with Gasteiger partial charge >= 0.3 is 5.97 Å². The first kappa shape index (κ1) is 20.7. The Hall–Kier alpha value is -2.61. The molecule has 4 rings (SSSR count). The molecule has 8 heteroatoms. The highest BCUT2D eigenvalue weighted by Crippen LogP contribution is 2.45. The Bertz CT molecular complexity index is 949. The van der Waals surface area contributed by atoms with Crippen molar-refractivity contribution in [3.63, 3.8) is 0 Å². The van der Waals surface area contributed by atoms with Crippen LogP contribution >= 0.6 is 11.8 Å². The Balaban J connectivity index is 1.71. The third kappa shape index (κ3) is 3.88. The third-order valence-corrected chi connectivity index (χ3v) is 6.36. The second kappa shape index (κ2) is 8.63. The molecule has 3 aliphatic rings. The number of thioether (sulfide) groups is 1. The monoisotopic (exact) mass is 429 g/mol. The summed E-state index contributed by atoms with van der Waals surface area (Å²) in [5.74, 6) is -0.728. The van der Waals surface area contributed by atoms with Crippen LogP contribution in [0.5, 0.6) is 0 Å². The Morgan fingerprint density at radius 2 is 1.93 bits per heavy atom. The molecule has 1 aromatic rings. The molecular weight excluding hydrogens is 405 g/mol. The van der Waals surface area contributed by atoms with Crippen LogP contribution in [0, 0.1) is 5.82 Å². The molecule has 1 atom stereocenters. The number of rotatable bonds is 5. The number of hydrogen-bond acceptors (Lipinski definition) is 6. The first-order chi connectivity index (χ1) is 14.5. The van der Waals surface area contributed by atoms with Crippen LogP contribution in [-0.4, -0.2) is 46.5 Å². The first-order valence-corrected chi connectivity index (χ1v) is 11.0. The lowest BCUT2D eigenvalue weighted by Gasteiger charge is -2.36. The Kier molecular flexibility index (Phi) is 5.94. The van der Waals surface area contributed by atoms with E-state index in [0.29, 0.717) is 16.4 Å². The molecule has 0 bridgehead atoms. The van der Waals surface area contributed by atoms with Gasteiger partial charge in [-0.3, -0.25) is 4.79 Å². The number of ether oxygens (including phenoxy) is 1. The average molecular weight is 430 g/mol. The summed E-state index contributed by atoms with van der Waals surface area (Å²) < 4.78 is 18.9. The third-order valence-electron chi connectivity index (χ3n) is 5.47. The number of amidine groups is 1. The maximum Gasteiger partial charge on any atom is 0.338 e. The first-order valence-electron chi connectivity index (χ1n) is 10.1. The summed E-state index contributed by atoms with van der Waals surface area (Å²) in [6.07, 6.45) is 2.30. The fourth-order valence-corrected chi connectivity index (χ4v) is 5.00. The molecule has 3 heterocycles. The van der Waals surface area contributed by atoms with Crippen LogP contribution in [0.15, 0.2) is 51.6 Å². The van der Waals surface area contributed by atoms with Crippen molar-refractivity contribution < 1.29 is 18.7 Å². The van der Waals surface area contributed by atoms with Crippen molar-refractivity contribution in [1.29, 1.82) is 0 Å². The summed E-state index contributed by atoms with van der Waals surface area (Å²) in [6, 6.07) is 5.56. The molecule has 6 nitrogen and oxygen atoms in total. The van der Waals surface area contributed by atoms with Gasteiger partial charge in [0.05, 0.1) is 30.3 Å². The van der Waals surface area contributed by atoms with Crippen LogP contribution in [0.3, 0.4) is 0 Å². The summed E-state index contributed by atoms with van der Waals surface area (Å²) in [5, 5.41) is 2.63. The van der Waals surface area contributed by atoms with Gasteiger partial charge in [-0.15, -0.1) is 0 Å². The lowest BCUT2D eigenvalue weighted by atomic mass is 9.94. The van der Waals surface area contributed by atoms with Crippen LogP contribution in [0.4, 0.5) is 4.39 Å². The average Bonchev–Trinajstić information content (AvgIpc) is 3.38. The summed E-state index contributed by atoms with van der Waals surface area (Å²) in [5.41, 5.74) is 2.52. The minimum absolute atomic E-state index is 0.0717. The highest BCUT2D eigenvalue weighted by Gasteiger charge is 2.41. The summed E-state index contributed by atoms with van der Waals surface area (Å²) in [4.78, 5) is 34.0. The second-order valence-corrected chi connectivity index (χ2v) is 8.27. The fraction of sp³-hybridized carbons (Fsp3) is 0.409. The summed E-state index contributed by atoms with van der Waals surface area (Å²) in [7, 11) is 0. The van der Waals surface area contributed by atoms with Crippen LogP contribution < -0.4 is 0 Å². The molecule has 0 radical (unpaired) electrons. The standard InChI is InChI=1S/C22H24FN3O3S/c1-3-29-21(28)19-14(2)24-22-26(20(19)15-6-8-16(23)9-7-15)17(13-30-22)12-18(27)25-10-4-5-11-25/h6-9,13,20H,3-5,10-12H2,1-2H3/t20-/m1/s1. The molecule has 0 aliphatic carbocycles. The van der Waals surface area contributed by atoms with Crippen molar-refractivity contribution in [3.8, 4) is 0 Å². The van der Waals surface area contributed by atoms with E-state index in [1.165, 1.54) is 23.9 Å². The van der Waals surface area contributed by atoms with E-state index in [-0.39, 0.29) is 24.8 Å². The zero-order valence-electron chi connectivity index (χ0n) is 17.1. The number of fused-ring (bicyclic) bond motifs is 1. The van der Waals surface area contributed by atoms with Crippen molar-refractivity contribution in [2.24, 2.45) is 4.99 Å². The van der Waals surface area contributed by atoms with E-state index in [1.807, 2.05) is 15.2 Å². The lowest BCUT2D eigenvalue weighted by Crippen LogP contribution is -2.38. The molecule has 3 aliphatic heterocycles. The Morgan fingerprint density at radius 3 is 2.60 bits per heavy atom. The normalized spacial score (nSPS) is 20.8. The minimum atomic E-state index is -0.523. The van der Waals surface area contributed by atoms with E-state index in [0.717, 1.165) is 37.2 Å². The van der Waals surface area contributed by atoms with E-state index in [4.69, 9.17) is 4.74 Å². The number of halogens is 1. The Labute approximate surface area is 179 Å². The summed E-state index contributed by atoms with van der Waals surface area (Å²) in [6.45, 7) is 5.35. The van der Waals surface area contributed by atoms with Crippen molar-refractivity contribution in [1.82, 2.24) is 9.80 Å². The molecule has 30 heavy (non-hydrogen) atoms. The van der Waals surface area contributed by atoms with E-state index < -0.39 is 12.0 Å². The molecule has 0 aromatic heterocycles. The molecule has 158 valence electrons. The van der Waals surface area contributed by atoms with Gasteiger partial charge in [0.25, 0.3) is 0 Å². The molecule has 1 amide bonds. The SMILES string of the molecule is CCOC(=O)C1=C(C)N=C2SC=C(CC(=O)N3CCCC3)N2[C@@H]1c1ccc(F)cc1. The number of hydrogen-bond donors (Lipinski definition) is 0. The van der Waals surface area contributed by atoms with Gasteiger partial charge in [-0.1, -0.05) is 23.9 Å². The predicted octanol–water partition coefficient (Wildman–Crippen LogP) is 3.98. The fourth-order valence-electron chi connectivity index (χ4n) is 4.03. The molecular formula is C22H24FN3O3S. The minimum Gasteiger partial charge on any atom is -0.463 e. The highest BCUT2D eigenvalue weighted by molar-refractivity contribution is 8.16. The van der Waals surface area contributed by atoms with E-state index in [9.17, 15) is 14.0 Å². The molecule has 0 N–H and O–H groups in total. The number of likely N-dealkylation sites (tertiary alicyclic amines) is 1. The zero-order chi connectivity index (χ0) is 21.3. The van der Waals surface area contributed by atoms with Crippen molar-refractivity contribution in [3.05, 3.63) is 58.0 Å². The van der Waals surface area contributed by atoms with Crippen LogP contribution in [0.25, 0.3) is 0 Å². The highest BCUT2D eigenvalue weighted by atomic mass is 32.2. The quantitative estimate of drug-likeness (QED) is 0.663. The van der Waals surface area contributed by atoms with E-state index >= 15 is 0 Å². The molecule has 0 unspecified atom stereocenters. The largest absolute Gasteiger partial charge is 0.463 e. The topological polar surface area (TPSA) is 62.2 Å². The van der Waals surface area contributed by atoms with Crippen molar-refractivity contribution in [2.75, 3.05) is 19.7 Å². The molecule has 1 saturated heterocycles. The van der Waals surface area contributed by atoms with E-state index in [1.54, 1.807) is 26.0 Å². The molecule has 1 fully saturated rings. The molecule has 1 aromatic carbocycles. The number of benzene rings is 1. The van der Waals surface area contributed by atoms with Gasteiger partial charge in [0, 0.05) is 18.8 Å². The number of nitrogens with zero attached hydrogens (tertiary/aromatic N) is 3. The smallest absolute Gasteiger partial charge is 0.338 e. The van der Waals surface area contributed by atoms with E-state index in [2.05, 4.69) is 4.99 Å². The number of allylic oxidation sites excluding steroid dienone is 1. The van der Waals surface area contributed by atoms with Crippen molar-refractivity contribution >= 4 is 28.8 Å². The number of esters is 1. The Morgan fingerprint density at radius 1 is 1.23 bits per heavy atom. The van der Waals surface area contributed by atoms with Gasteiger partial charge in [-0.2, -0.15) is 0 Å². The molecule has 0 spiro atoms. The van der Waals surface area contributed by atoms with Gasteiger partial charge in [-0.25, -0.2) is 14.2 Å². The van der Waals surface area contributed by atoms with Crippen LogP contribution in [-0.2, 0) is 14.3 Å². The van der Waals surface area contributed by atoms with Crippen LogP contribution in [0.1, 0.15) is 44.7 Å². The number of aliphatic imine (C=N–C) groups is 1. The van der Waals surface area contributed by atoms with Gasteiger partial charge in [-0.05, 0) is 49.8 Å². The summed E-state index contributed by atoms with van der Waals surface area (Å²) >= 11 is 1.43. The van der Waals surface area contributed by atoms with Crippen LogP contribution in [0.2, 0.25) is 0 Å². The van der Waals surface area contributed by atoms with Gasteiger partial charge < -0.3 is 14.5 Å². The second-order valence-electron chi connectivity index (χ2n) is 7.43. The van der Waals surface area contributed by atoms with Crippen molar-refractivity contribution in [2.45, 2.75) is 39.2 Å². The maximum atomic E-state index is 13.6. The predicted molar refractivity (Wildman–Crippen MR) is 114 cm³/mol. The number of amides is 1. The number of carbonyl (C=O) groups is 2. The zero-order valence-corrected chi connectivity index (χ0v) is 17.9. The van der Waals surface area contributed by atoms with Gasteiger partial charge in [0.2, 0.25) is 5.91 Å². The number of carbonyl (C=O) groups excluding carboxylic acids is 2. The lowest BCUT2D eigenvalue weighted by molar-refractivity contribution is -0.139. The van der Waals surface area contributed by atoms with Gasteiger partial charge in [0.15, 0.2) is 5.17 Å². The molecule has 0 saturated carbocycles.